The van der Waals surface area contributed by atoms with Crippen LogP contribution in [0.5, 0.6) is 0 Å². The summed E-state index contributed by atoms with van der Waals surface area (Å²) >= 11 is 0. The highest BCUT2D eigenvalue weighted by molar-refractivity contribution is 5.67. The molecule has 246 valence electrons. The summed E-state index contributed by atoms with van der Waals surface area (Å²) in [5, 5.41) is 47.6. The Bertz CT molecular complexity index is 1170. The van der Waals surface area contributed by atoms with Crippen molar-refractivity contribution >= 4 is 11.8 Å². The molecule has 11 atom stereocenters. The van der Waals surface area contributed by atoms with Gasteiger partial charge in [-0.1, -0.05) is 0 Å². The van der Waals surface area contributed by atoms with Crippen LogP contribution in [0.2, 0.25) is 0 Å². The molecule has 0 aromatic heterocycles. The molecule has 17 heteroatoms. The minimum Gasteiger partial charge on any atom is -0.466 e. The first-order chi connectivity index (χ1) is 20.8. The van der Waals surface area contributed by atoms with Crippen molar-refractivity contribution in [3.63, 3.8) is 0 Å². The van der Waals surface area contributed by atoms with Crippen LogP contribution >= 0.6 is 0 Å². The van der Waals surface area contributed by atoms with Gasteiger partial charge in [-0.05, 0) is 43.5 Å². The molecule has 1 saturated carbocycles. The SMILES string of the molecule is C[NH2+]C1C(O)C(OC2C(N)CC(N)C(OC3OC(CNC(=O)OCc4ccc([N+](=O)[O-])cc4)=CCC3N)C2O)OCC1(C)O. The van der Waals surface area contributed by atoms with Crippen LogP contribution in [-0.4, -0.2) is 113 Å². The number of ether oxygens (including phenoxy) is 5. The van der Waals surface area contributed by atoms with Crippen molar-refractivity contribution in [1.29, 1.82) is 0 Å². The molecule has 1 amide bonds. The fourth-order valence-electron chi connectivity index (χ4n) is 5.59. The van der Waals surface area contributed by atoms with Gasteiger partial charge in [0.2, 0.25) is 6.29 Å². The molecule has 2 aliphatic heterocycles. The lowest BCUT2D eigenvalue weighted by atomic mass is 9.84. The number of benzene rings is 1. The highest BCUT2D eigenvalue weighted by atomic mass is 16.7. The second-order valence-electron chi connectivity index (χ2n) is 11.6. The van der Waals surface area contributed by atoms with Crippen LogP contribution in [0.15, 0.2) is 36.1 Å². The normalized spacial score (nSPS) is 37.4. The standard InChI is InChI=1S/C27H42N6O11/c1-27(37)12-41-25(20(35)23(27)31-2)44-22-18(30)9-17(29)21(19(22)34)43-24-16(28)8-7-15(42-24)10-32-26(36)40-11-13-3-5-14(6-4-13)33(38)39/h3-7,16-25,31,34-35,37H,8-12,28-30H2,1-2H3,(H,32,36)/p+1. The Morgan fingerprint density at radius 1 is 1.11 bits per heavy atom. The van der Waals surface area contributed by atoms with Gasteiger partial charge in [0.25, 0.3) is 5.69 Å². The number of nitrogens with zero attached hydrogens (tertiary/aromatic N) is 1. The molecule has 0 spiro atoms. The molecule has 1 aromatic rings. The summed E-state index contributed by atoms with van der Waals surface area (Å²) in [6.45, 7) is 1.32. The highest BCUT2D eigenvalue weighted by Gasteiger charge is 2.52. The number of non-ortho nitro benzene ring substituents is 1. The van der Waals surface area contributed by atoms with Gasteiger partial charge in [-0.25, -0.2) is 4.79 Å². The van der Waals surface area contributed by atoms with Crippen molar-refractivity contribution in [3.05, 3.63) is 51.8 Å². The molecule has 0 radical (unpaired) electrons. The zero-order chi connectivity index (χ0) is 32.2. The number of hydrogen-bond acceptors (Lipinski definition) is 14. The highest BCUT2D eigenvalue weighted by Crippen LogP contribution is 2.30. The first kappa shape index (κ1) is 33.9. The van der Waals surface area contributed by atoms with Crippen molar-refractivity contribution in [1.82, 2.24) is 5.32 Å². The number of carbonyl (C=O) groups excluding carboxylic acids is 1. The molecule has 17 nitrogen and oxygen atoms in total. The number of alkyl carbamates (subject to hydrolysis) is 1. The van der Waals surface area contributed by atoms with E-state index in [-0.39, 0.29) is 31.9 Å². The van der Waals surface area contributed by atoms with E-state index >= 15 is 0 Å². The number of hydrogen-bond donors (Lipinski definition) is 8. The molecule has 2 fully saturated rings. The summed E-state index contributed by atoms with van der Waals surface area (Å²) in [5.41, 5.74) is 18.0. The molecular weight excluding hydrogens is 584 g/mol. The average molecular weight is 628 g/mol. The Labute approximate surface area is 253 Å². The summed E-state index contributed by atoms with van der Waals surface area (Å²) in [4.78, 5) is 22.5. The number of nitrogens with one attached hydrogen (secondary N) is 1. The number of likely N-dealkylation sites (N-methyl/N-ethyl adjacent to an activating group) is 1. The maximum atomic E-state index is 12.2. The van der Waals surface area contributed by atoms with Crippen LogP contribution in [0, 0.1) is 10.1 Å². The van der Waals surface area contributed by atoms with Crippen molar-refractivity contribution in [2.75, 3.05) is 20.2 Å². The molecule has 1 aromatic carbocycles. The topological polar surface area (TPSA) is 274 Å². The molecule has 4 rings (SSSR count). The molecule has 44 heavy (non-hydrogen) atoms. The van der Waals surface area contributed by atoms with Crippen molar-refractivity contribution in [3.8, 4) is 0 Å². The van der Waals surface area contributed by atoms with E-state index in [1.54, 1.807) is 25.4 Å². The van der Waals surface area contributed by atoms with Crippen LogP contribution in [0.1, 0.15) is 25.3 Å². The van der Waals surface area contributed by atoms with Gasteiger partial charge in [-0.15, -0.1) is 0 Å². The molecule has 2 heterocycles. The summed E-state index contributed by atoms with van der Waals surface area (Å²) < 4.78 is 28.6. The minimum atomic E-state index is -1.34. The van der Waals surface area contributed by atoms with Gasteiger partial charge in [0.1, 0.15) is 42.3 Å². The lowest BCUT2D eigenvalue weighted by Crippen LogP contribution is -2.96. The molecular formula is C27H43N6O11+. The van der Waals surface area contributed by atoms with Gasteiger partial charge >= 0.3 is 6.09 Å². The lowest BCUT2D eigenvalue weighted by Gasteiger charge is -2.47. The second-order valence-corrected chi connectivity index (χ2v) is 11.6. The van der Waals surface area contributed by atoms with E-state index in [1.165, 1.54) is 24.3 Å². The minimum absolute atomic E-state index is 0.0438. The predicted molar refractivity (Wildman–Crippen MR) is 151 cm³/mol. The third-order valence-corrected chi connectivity index (χ3v) is 8.07. The Morgan fingerprint density at radius 3 is 2.36 bits per heavy atom. The molecule has 11 unspecified atom stereocenters. The van der Waals surface area contributed by atoms with Crippen molar-refractivity contribution in [2.24, 2.45) is 17.2 Å². The van der Waals surface area contributed by atoms with E-state index in [9.17, 15) is 30.2 Å². The quantitative estimate of drug-likeness (QED) is 0.0949. The molecule has 1 aliphatic carbocycles. The third-order valence-electron chi connectivity index (χ3n) is 8.07. The lowest BCUT2D eigenvalue weighted by molar-refractivity contribution is -0.695. The summed E-state index contributed by atoms with van der Waals surface area (Å²) in [5.74, 6) is 0.347. The second kappa shape index (κ2) is 14.4. The Kier molecular flexibility index (Phi) is 11.1. The van der Waals surface area contributed by atoms with E-state index in [1.807, 2.05) is 0 Å². The number of nitro groups is 1. The van der Waals surface area contributed by atoms with Gasteiger partial charge in [0, 0.05) is 24.2 Å². The van der Waals surface area contributed by atoms with Crippen LogP contribution in [0.25, 0.3) is 0 Å². The van der Waals surface area contributed by atoms with Crippen molar-refractivity contribution in [2.45, 2.75) is 93.1 Å². The number of aliphatic hydroxyl groups is 3. The van der Waals surface area contributed by atoms with Crippen LogP contribution in [0.3, 0.4) is 0 Å². The summed E-state index contributed by atoms with van der Waals surface area (Å²) in [7, 11) is 1.71. The summed E-state index contributed by atoms with van der Waals surface area (Å²) in [6, 6.07) is 2.95. The van der Waals surface area contributed by atoms with Crippen molar-refractivity contribution < 1.29 is 54.0 Å². The first-order valence-electron chi connectivity index (χ1n) is 14.4. The molecule has 3 aliphatic rings. The predicted octanol–water partition coefficient (Wildman–Crippen LogP) is -3.00. The number of nitro benzene ring substituents is 1. The molecule has 1 saturated heterocycles. The monoisotopic (exact) mass is 627 g/mol. The van der Waals surface area contributed by atoms with Gasteiger partial charge in [-0.2, -0.15) is 0 Å². The van der Waals surface area contributed by atoms with Crippen LogP contribution < -0.4 is 27.8 Å². The number of aliphatic hydroxyl groups excluding tert-OH is 2. The molecule has 0 bridgehead atoms. The zero-order valence-corrected chi connectivity index (χ0v) is 24.6. The summed E-state index contributed by atoms with van der Waals surface area (Å²) in [6.07, 6.45) is -5.27. The van der Waals surface area contributed by atoms with Gasteiger partial charge in [0.05, 0.1) is 31.2 Å². The fourth-order valence-corrected chi connectivity index (χ4v) is 5.59. The van der Waals surface area contributed by atoms with Gasteiger partial charge in [0.15, 0.2) is 12.4 Å². The Balaban J connectivity index is 1.30. The average Bonchev–Trinajstić information content (AvgIpc) is 2.97. The van der Waals surface area contributed by atoms with E-state index < -0.39 is 77.8 Å². The maximum absolute atomic E-state index is 12.2. The zero-order valence-electron chi connectivity index (χ0n) is 24.6. The maximum Gasteiger partial charge on any atom is 0.407 e. The van der Waals surface area contributed by atoms with Gasteiger partial charge < -0.3 is 66.8 Å². The number of nitrogens with two attached hydrogens (primary N) is 4. The smallest absolute Gasteiger partial charge is 0.407 e. The van der Waals surface area contributed by atoms with E-state index in [4.69, 9.17) is 40.9 Å². The largest absolute Gasteiger partial charge is 0.466 e. The number of carbonyl (C=O) groups is 1. The molecule has 12 N–H and O–H groups in total. The van der Waals surface area contributed by atoms with Crippen LogP contribution in [0.4, 0.5) is 10.5 Å². The number of rotatable bonds is 10. The van der Waals surface area contributed by atoms with E-state index in [2.05, 4.69) is 5.32 Å². The Morgan fingerprint density at radius 2 is 1.75 bits per heavy atom. The Hall–Kier alpha value is -2.97. The van der Waals surface area contributed by atoms with E-state index in [0.717, 1.165) is 0 Å². The van der Waals surface area contributed by atoms with E-state index in [0.29, 0.717) is 17.7 Å². The van der Waals surface area contributed by atoms with Gasteiger partial charge in [-0.3, -0.25) is 10.1 Å². The first-order valence-corrected chi connectivity index (χ1v) is 14.4. The number of amides is 1. The fraction of sp³-hybridized carbons (Fsp3) is 0.667. The third kappa shape index (κ3) is 7.99. The number of quaternary nitrogens is 1. The van der Waals surface area contributed by atoms with Crippen LogP contribution in [-0.2, 0) is 30.3 Å².